The fourth-order valence-electron chi connectivity index (χ4n) is 1.18. The molecule has 0 bridgehead atoms. The van der Waals surface area contributed by atoms with Gasteiger partial charge in [-0.1, -0.05) is 0 Å². The molecule has 2 aromatic heterocycles. The minimum atomic E-state index is -0.592. The molecule has 0 amide bonds. The standard InChI is InChI=1S/C9H10N4O/c14-9(5-13-2-1-10-7-13)8-3-11-6-12-4-8/h1-4,6-7,9,14H,5H2. The van der Waals surface area contributed by atoms with Gasteiger partial charge in [-0.2, -0.15) is 0 Å². The van der Waals surface area contributed by atoms with E-state index in [1.165, 1.54) is 6.33 Å². The summed E-state index contributed by atoms with van der Waals surface area (Å²) in [4.78, 5) is 11.6. The molecule has 1 N–H and O–H groups in total. The summed E-state index contributed by atoms with van der Waals surface area (Å²) in [6.45, 7) is 0.466. The van der Waals surface area contributed by atoms with Crippen LogP contribution in [0.5, 0.6) is 0 Å². The highest BCUT2D eigenvalue weighted by molar-refractivity contribution is 5.06. The summed E-state index contributed by atoms with van der Waals surface area (Å²) >= 11 is 0. The maximum Gasteiger partial charge on any atom is 0.115 e. The van der Waals surface area contributed by atoms with E-state index in [-0.39, 0.29) is 0 Å². The summed E-state index contributed by atoms with van der Waals surface area (Å²) in [6, 6.07) is 0. The number of imidazole rings is 1. The first kappa shape index (κ1) is 8.83. The molecule has 1 atom stereocenters. The van der Waals surface area contributed by atoms with Crippen molar-refractivity contribution in [3.05, 3.63) is 43.0 Å². The summed E-state index contributed by atoms with van der Waals surface area (Å²) < 4.78 is 1.80. The van der Waals surface area contributed by atoms with Crippen LogP contribution in [0.4, 0.5) is 0 Å². The van der Waals surface area contributed by atoms with E-state index >= 15 is 0 Å². The number of aliphatic hydroxyl groups excluding tert-OH is 1. The number of rotatable bonds is 3. The van der Waals surface area contributed by atoms with Crippen LogP contribution in [0.25, 0.3) is 0 Å². The van der Waals surface area contributed by atoms with E-state index in [0.29, 0.717) is 12.1 Å². The van der Waals surface area contributed by atoms with E-state index in [0.717, 1.165) is 0 Å². The number of hydrogen-bond acceptors (Lipinski definition) is 4. The Labute approximate surface area is 81.1 Å². The molecule has 2 rings (SSSR count). The minimum Gasteiger partial charge on any atom is -0.386 e. The quantitative estimate of drug-likeness (QED) is 0.761. The normalized spacial score (nSPS) is 12.6. The first-order valence-electron chi connectivity index (χ1n) is 4.25. The van der Waals surface area contributed by atoms with Crippen LogP contribution < -0.4 is 0 Å². The van der Waals surface area contributed by atoms with Crippen LogP contribution in [0.2, 0.25) is 0 Å². The lowest BCUT2D eigenvalue weighted by Crippen LogP contribution is -2.07. The maximum atomic E-state index is 9.76. The van der Waals surface area contributed by atoms with E-state index in [1.807, 2.05) is 0 Å². The molecule has 5 heteroatoms. The Kier molecular flexibility index (Phi) is 2.51. The smallest absolute Gasteiger partial charge is 0.115 e. The third kappa shape index (κ3) is 1.94. The lowest BCUT2D eigenvalue weighted by molar-refractivity contribution is 0.155. The van der Waals surface area contributed by atoms with Gasteiger partial charge in [-0.25, -0.2) is 15.0 Å². The van der Waals surface area contributed by atoms with Crippen LogP contribution in [-0.2, 0) is 6.54 Å². The summed E-state index contributed by atoms with van der Waals surface area (Å²) in [5, 5.41) is 9.76. The second-order valence-electron chi connectivity index (χ2n) is 2.95. The molecule has 0 saturated heterocycles. The Balaban J connectivity index is 2.07. The Hall–Kier alpha value is -1.75. The van der Waals surface area contributed by atoms with Crippen molar-refractivity contribution in [1.29, 1.82) is 0 Å². The molecule has 2 aromatic rings. The number of hydrogen-bond donors (Lipinski definition) is 1. The van der Waals surface area contributed by atoms with Crippen molar-refractivity contribution in [2.45, 2.75) is 12.6 Å². The molecule has 0 aliphatic carbocycles. The highest BCUT2D eigenvalue weighted by Gasteiger charge is 2.07. The van der Waals surface area contributed by atoms with Crippen LogP contribution in [0, 0.1) is 0 Å². The lowest BCUT2D eigenvalue weighted by atomic mass is 10.2. The summed E-state index contributed by atoms with van der Waals surface area (Å²) in [5.41, 5.74) is 0.709. The first-order chi connectivity index (χ1) is 6.86. The molecule has 0 saturated carbocycles. The molecule has 0 aliphatic rings. The molecule has 0 aromatic carbocycles. The molecule has 72 valence electrons. The molecule has 0 radical (unpaired) electrons. The predicted molar refractivity (Wildman–Crippen MR) is 49.2 cm³/mol. The SMILES string of the molecule is OC(Cn1ccnc1)c1cncnc1. The minimum absolute atomic E-state index is 0.466. The summed E-state index contributed by atoms with van der Waals surface area (Å²) in [5.74, 6) is 0. The molecule has 14 heavy (non-hydrogen) atoms. The van der Waals surface area contributed by atoms with Crippen LogP contribution in [0.3, 0.4) is 0 Å². The van der Waals surface area contributed by atoms with Gasteiger partial charge in [-0.05, 0) is 0 Å². The van der Waals surface area contributed by atoms with Gasteiger partial charge in [-0.15, -0.1) is 0 Å². The van der Waals surface area contributed by atoms with Gasteiger partial charge < -0.3 is 9.67 Å². The number of aromatic nitrogens is 4. The van der Waals surface area contributed by atoms with Gasteiger partial charge in [0.1, 0.15) is 6.33 Å². The van der Waals surface area contributed by atoms with E-state index in [1.54, 1.807) is 35.7 Å². The van der Waals surface area contributed by atoms with Crippen molar-refractivity contribution >= 4 is 0 Å². The third-order valence-corrected chi connectivity index (χ3v) is 1.91. The highest BCUT2D eigenvalue weighted by Crippen LogP contribution is 2.11. The van der Waals surface area contributed by atoms with E-state index in [9.17, 15) is 5.11 Å². The van der Waals surface area contributed by atoms with Crippen LogP contribution in [-0.4, -0.2) is 24.6 Å². The summed E-state index contributed by atoms with van der Waals surface area (Å²) in [7, 11) is 0. The van der Waals surface area contributed by atoms with Gasteiger partial charge in [0.05, 0.1) is 19.0 Å². The monoisotopic (exact) mass is 190 g/mol. The Bertz CT molecular complexity index is 373. The van der Waals surface area contributed by atoms with Crippen LogP contribution in [0.1, 0.15) is 11.7 Å². The number of aliphatic hydroxyl groups is 1. The Morgan fingerprint density at radius 2 is 2.07 bits per heavy atom. The molecule has 5 nitrogen and oxygen atoms in total. The molecule has 0 spiro atoms. The lowest BCUT2D eigenvalue weighted by Gasteiger charge is -2.09. The van der Waals surface area contributed by atoms with Gasteiger partial charge in [-0.3, -0.25) is 0 Å². The highest BCUT2D eigenvalue weighted by atomic mass is 16.3. The van der Waals surface area contributed by atoms with Gasteiger partial charge in [0.15, 0.2) is 0 Å². The zero-order chi connectivity index (χ0) is 9.80. The zero-order valence-electron chi connectivity index (χ0n) is 7.48. The molecule has 0 aliphatic heterocycles. The summed E-state index contributed by atoms with van der Waals surface area (Å²) in [6.07, 6.45) is 9.19. The van der Waals surface area contributed by atoms with Crippen molar-refractivity contribution in [3.8, 4) is 0 Å². The Morgan fingerprint density at radius 3 is 2.71 bits per heavy atom. The zero-order valence-corrected chi connectivity index (χ0v) is 7.48. The third-order valence-electron chi connectivity index (χ3n) is 1.91. The second-order valence-corrected chi connectivity index (χ2v) is 2.95. The van der Waals surface area contributed by atoms with E-state index < -0.39 is 6.10 Å². The van der Waals surface area contributed by atoms with Gasteiger partial charge in [0, 0.05) is 30.4 Å². The predicted octanol–water partition coefficient (Wildman–Crippen LogP) is 0.407. The first-order valence-corrected chi connectivity index (χ1v) is 4.25. The van der Waals surface area contributed by atoms with Crippen molar-refractivity contribution in [2.24, 2.45) is 0 Å². The van der Waals surface area contributed by atoms with Gasteiger partial charge >= 0.3 is 0 Å². The topological polar surface area (TPSA) is 63.8 Å². The Morgan fingerprint density at radius 1 is 1.29 bits per heavy atom. The van der Waals surface area contributed by atoms with E-state index in [2.05, 4.69) is 15.0 Å². The van der Waals surface area contributed by atoms with Crippen molar-refractivity contribution in [1.82, 2.24) is 19.5 Å². The molecular weight excluding hydrogens is 180 g/mol. The molecule has 2 heterocycles. The van der Waals surface area contributed by atoms with E-state index in [4.69, 9.17) is 0 Å². The van der Waals surface area contributed by atoms with Crippen molar-refractivity contribution in [3.63, 3.8) is 0 Å². The average molecular weight is 190 g/mol. The second kappa shape index (κ2) is 3.97. The fraction of sp³-hybridized carbons (Fsp3) is 0.222. The molecule has 0 fully saturated rings. The number of nitrogens with zero attached hydrogens (tertiary/aromatic N) is 4. The largest absolute Gasteiger partial charge is 0.386 e. The molecular formula is C9H10N4O. The van der Waals surface area contributed by atoms with Crippen molar-refractivity contribution in [2.75, 3.05) is 0 Å². The fourth-order valence-corrected chi connectivity index (χ4v) is 1.18. The van der Waals surface area contributed by atoms with Crippen LogP contribution >= 0.6 is 0 Å². The van der Waals surface area contributed by atoms with Gasteiger partial charge in [0.25, 0.3) is 0 Å². The van der Waals surface area contributed by atoms with Gasteiger partial charge in [0.2, 0.25) is 0 Å². The van der Waals surface area contributed by atoms with Crippen molar-refractivity contribution < 1.29 is 5.11 Å². The van der Waals surface area contributed by atoms with Crippen LogP contribution in [0.15, 0.2) is 37.4 Å². The average Bonchev–Trinajstić information content (AvgIpc) is 2.72. The molecule has 1 unspecified atom stereocenters. The maximum absolute atomic E-state index is 9.76.